The van der Waals surface area contributed by atoms with Crippen molar-refractivity contribution in [3.8, 4) is 5.75 Å². The third kappa shape index (κ3) is 13.5. The van der Waals surface area contributed by atoms with Crippen LogP contribution in [0.1, 0.15) is 109 Å². The number of carbonyl (C=O) groups excluding carboxylic acids is 4. The van der Waals surface area contributed by atoms with Gasteiger partial charge in [0, 0.05) is 31.7 Å². The molecule has 1 saturated carbocycles. The smallest absolute Gasteiger partial charge is 0.243 e. The van der Waals surface area contributed by atoms with Gasteiger partial charge < -0.3 is 35.8 Å². The van der Waals surface area contributed by atoms with E-state index in [2.05, 4.69) is 20.9 Å². The molecule has 3 unspecified atom stereocenters. The maximum atomic E-state index is 14.6. The Morgan fingerprint density at radius 3 is 2.35 bits per heavy atom. The van der Waals surface area contributed by atoms with Crippen LogP contribution in [0.2, 0.25) is 0 Å². The Balaban J connectivity index is 1.62. The molecule has 2 aromatic rings. The SMILES string of the molecule is CC(=O)N(C1COc2ccc(C=NCCO)cc21)[C@@H](Cc1ccccc1)C(=O)N[C@@H](CC(C)C)C(=O)NC(CC1CCCCC1)C(O)CC(=O)NCC(C)C. The van der Waals surface area contributed by atoms with Gasteiger partial charge in [-0.2, -0.15) is 0 Å². The number of rotatable bonds is 20. The summed E-state index contributed by atoms with van der Waals surface area (Å²) in [7, 11) is 0. The van der Waals surface area contributed by atoms with Gasteiger partial charge >= 0.3 is 0 Å². The van der Waals surface area contributed by atoms with Crippen LogP contribution in [0, 0.1) is 17.8 Å². The van der Waals surface area contributed by atoms with Crippen LogP contribution in [0.25, 0.3) is 0 Å². The summed E-state index contributed by atoms with van der Waals surface area (Å²) in [5.74, 6) is -0.314. The fraction of sp³-hybridized carbons (Fsp3) is 0.605. The predicted octanol–water partition coefficient (Wildman–Crippen LogP) is 4.50. The second-order valence-electron chi connectivity index (χ2n) is 16.0. The summed E-state index contributed by atoms with van der Waals surface area (Å²) in [6, 6.07) is 11.8. The van der Waals surface area contributed by atoms with Crippen LogP contribution < -0.4 is 20.7 Å². The average Bonchev–Trinajstić information content (AvgIpc) is 3.56. The second kappa shape index (κ2) is 21.7. The number of nitrogens with one attached hydrogen (secondary N) is 3. The van der Waals surface area contributed by atoms with Crippen molar-refractivity contribution in [3.05, 3.63) is 65.2 Å². The summed E-state index contributed by atoms with van der Waals surface area (Å²) in [6.07, 6.45) is 6.81. The summed E-state index contributed by atoms with van der Waals surface area (Å²) in [5.41, 5.74) is 2.35. The molecule has 0 spiro atoms. The van der Waals surface area contributed by atoms with Gasteiger partial charge in [0.15, 0.2) is 0 Å². The lowest BCUT2D eigenvalue weighted by molar-refractivity contribution is -0.143. The first-order valence-electron chi connectivity index (χ1n) is 20.1. The van der Waals surface area contributed by atoms with Crippen LogP contribution >= 0.6 is 0 Å². The third-order valence-electron chi connectivity index (χ3n) is 10.4. The van der Waals surface area contributed by atoms with E-state index in [-0.39, 0.29) is 56.3 Å². The Morgan fingerprint density at radius 2 is 1.69 bits per heavy atom. The molecule has 1 heterocycles. The zero-order valence-corrected chi connectivity index (χ0v) is 33.3. The highest BCUT2D eigenvalue weighted by atomic mass is 16.5. The maximum Gasteiger partial charge on any atom is 0.243 e. The molecule has 1 fully saturated rings. The van der Waals surface area contributed by atoms with E-state index in [1.165, 1.54) is 6.92 Å². The summed E-state index contributed by atoms with van der Waals surface area (Å²) < 4.78 is 6.03. The van der Waals surface area contributed by atoms with Crippen molar-refractivity contribution >= 4 is 29.8 Å². The fourth-order valence-electron chi connectivity index (χ4n) is 7.64. The number of aliphatic hydroxyl groups is 2. The van der Waals surface area contributed by atoms with E-state index < -0.39 is 42.1 Å². The topological polar surface area (TPSA) is 170 Å². The number of amides is 4. The lowest BCUT2D eigenvalue weighted by atomic mass is 9.83. The van der Waals surface area contributed by atoms with Crippen LogP contribution in [0.15, 0.2) is 53.5 Å². The van der Waals surface area contributed by atoms with E-state index in [1.54, 1.807) is 11.1 Å². The molecule has 4 rings (SSSR count). The Hall–Kier alpha value is -4.29. The summed E-state index contributed by atoms with van der Waals surface area (Å²) in [6.45, 7) is 10.2. The van der Waals surface area contributed by atoms with Gasteiger partial charge in [-0.15, -0.1) is 0 Å². The van der Waals surface area contributed by atoms with Gasteiger partial charge in [0.1, 0.15) is 24.4 Å². The van der Waals surface area contributed by atoms with Crippen molar-refractivity contribution < 1.29 is 34.1 Å². The van der Waals surface area contributed by atoms with Gasteiger partial charge in [0.25, 0.3) is 0 Å². The molecule has 0 bridgehead atoms. The fourth-order valence-corrected chi connectivity index (χ4v) is 7.64. The van der Waals surface area contributed by atoms with E-state index in [9.17, 15) is 29.4 Å². The van der Waals surface area contributed by atoms with Crippen LogP contribution in [-0.2, 0) is 25.6 Å². The number of carbonyl (C=O) groups is 4. The van der Waals surface area contributed by atoms with Crippen LogP contribution in [0.3, 0.4) is 0 Å². The molecule has 5 atom stereocenters. The number of aliphatic imine (C=N–C) groups is 1. The highest BCUT2D eigenvalue weighted by Gasteiger charge is 2.40. The highest BCUT2D eigenvalue weighted by molar-refractivity contribution is 5.92. The van der Waals surface area contributed by atoms with Crippen molar-refractivity contribution in [1.82, 2.24) is 20.9 Å². The Kier molecular flexibility index (Phi) is 17.1. The Morgan fingerprint density at radius 1 is 0.964 bits per heavy atom. The molecular weight excluding hydrogens is 699 g/mol. The van der Waals surface area contributed by atoms with Crippen molar-refractivity contribution in [3.63, 3.8) is 0 Å². The molecule has 0 aromatic heterocycles. The maximum absolute atomic E-state index is 14.6. The van der Waals surface area contributed by atoms with Crippen LogP contribution in [-0.4, -0.2) is 95.5 Å². The largest absolute Gasteiger partial charge is 0.491 e. The highest BCUT2D eigenvalue weighted by Crippen LogP contribution is 2.38. The molecule has 4 amide bonds. The third-order valence-corrected chi connectivity index (χ3v) is 10.4. The predicted molar refractivity (Wildman–Crippen MR) is 214 cm³/mol. The normalized spacial score (nSPS) is 17.9. The lowest BCUT2D eigenvalue weighted by Gasteiger charge is -2.36. The Labute approximate surface area is 326 Å². The molecule has 55 heavy (non-hydrogen) atoms. The molecule has 5 N–H and O–H groups in total. The van der Waals surface area contributed by atoms with E-state index in [1.807, 2.05) is 76.2 Å². The molecule has 12 nitrogen and oxygen atoms in total. The minimum atomic E-state index is -1.10. The molecule has 2 aliphatic rings. The molecule has 1 aliphatic carbocycles. The minimum Gasteiger partial charge on any atom is -0.491 e. The number of hydrogen-bond donors (Lipinski definition) is 5. The average molecular weight is 762 g/mol. The molecule has 0 saturated heterocycles. The van der Waals surface area contributed by atoms with Gasteiger partial charge in [-0.3, -0.25) is 24.2 Å². The summed E-state index contributed by atoms with van der Waals surface area (Å²) in [5, 5.41) is 29.6. The van der Waals surface area contributed by atoms with Gasteiger partial charge in [-0.25, -0.2) is 0 Å². The first kappa shape index (κ1) is 43.4. The zero-order valence-electron chi connectivity index (χ0n) is 33.3. The van der Waals surface area contributed by atoms with Crippen LogP contribution in [0.5, 0.6) is 5.75 Å². The molecule has 12 heteroatoms. The standard InChI is InChI=1S/C43H63N5O7/c1-28(2)20-36(42(53)46-35(22-31-12-8-6-9-13-31)39(51)24-41(52)45-25-29(3)4)47-43(54)37(23-32-14-10-7-11-15-32)48(30(5)50)38-27-55-40-17-16-33(21-34(38)40)26-44-18-19-49/h7,10-11,14-17,21,26,28-29,31,35-39,49,51H,6,8-9,12-13,18-20,22-25,27H2,1-5H3,(H,45,52)(H,46,53)(H,47,54)/t35?,36-,37-,38?,39?/m0/s1. The van der Waals surface area contributed by atoms with Gasteiger partial charge in [0.05, 0.1) is 37.8 Å². The number of nitrogens with zero attached hydrogens (tertiary/aromatic N) is 2. The monoisotopic (exact) mass is 761 g/mol. The van der Waals surface area contributed by atoms with Gasteiger partial charge in [-0.1, -0.05) is 90.1 Å². The van der Waals surface area contributed by atoms with Crippen molar-refractivity contribution in [2.45, 2.75) is 123 Å². The Bertz CT molecular complexity index is 1580. The van der Waals surface area contributed by atoms with Crippen molar-refractivity contribution in [2.24, 2.45) is 22.7 Å². The lowest BCUT2D eigenvalue weighted by Crippen LogP contribution is -2.58. The van der Waals surface area contributed by atoms with Gasteiger partial charge in [-0.05, 0) is 59.9 Å². The molecule has 1 aliphatic heterocycles. The van der Waals surface area contributed by atoms with Crippen molar-refractivity contribution in [2.75, 3.05) is 26.3 Å². The van der Waals surface area contributed by atoms with Crippen LogP contribution in [0.4, 0.5) is 0 Å². The minimum absolute atomic E-state index is 0.0251. The first-order chi connectivity index (χ1) is 26.4. The number of aliphatic hydroxyl groups excluding tert-OH is 2. The molecule has 302 valence electrons. The van der Waals surface area contributed by atoms with E-state index in [0.29, 0.717) is 31.1 Å². The number of fused-ring (bicyclic) bond motifs is 1. The van der Waals surface area contributed by atoms with E-state index in [4.69, 9.17) is 4.74 Å². The van der Waals surface area contributed by atoms with Crippen molar-refractivity contribution in [1.29, 1.82) is 0 Å². The van der Waals surface area contributed by atoms with E-state index >= 15 is 0 Å². The molecule has 2 aromatic carbocycles. The van der Waals surface area contributed by atoms with Gasteiger partial charge in [0.2, 0.25) is 23.6 Å². The zero-order chi connectivity index (χ0) is 39.9. The number of ether oxygens (including phenoxy) is 1. The molecular formula is C43H63N5O7. The first-order valence-corrected chi connectivity index (χ1v) is 20.1. The number of benzene rings is 2. The second-order valence-corrected chi connectivity index (χ2v) is 16.0. The number of hydrogen-bond acceptors (Lipinski definition) is 8. The quantitative estimate of drug-likeness (QED) is 0.124. The summed E-state index contributed by atoms with van der Waals surface area (Å²) in [4.78, 5) is 61.1. The van der Waals surface area contributed by atoms with E-state index in [0.717, 1.165) is 48.8 Å². The molecule has 0 radical (unpaired) electrons. The summed E-state index contributed by atoms with van der Waals surface area (Å²) >= 11 is 0.